The van der Waals surface area contributed by atoms with Crippen molar-refractivity contribution in [3.05, 3.63) is 74.2 Å². The molecule has 0 saturated heterocycles. The molecule has 0 amide bonds. The number of imidazole rings is 1. The molecule has 1 unspecified atom stereocenters. The Hall–Kier alpha value is -3.19. The van der Waals surface area contributed by atoms with Crippen LogP contribution in [0.4, 0.5) is 0 Å². The number of aryl methyl sites for hydroxylation is 3. The Labute approximate surface area is 168 Å². The van der Waals surface area contributed by atoms with Crippen molar-refractivity contribution >= 4 is 21.9 Å². The van der Waals surface area contributed by atoms with Gasteiger partial charge in [0.15, 0.2) is 11.2 Å². The molecule has 1 atom stereocenters. The number of aromatic nitrogens is 4. The number of rotatable bonds is 4. The first-order valence-corrected chi connectivity index (χ1v) is 9.75. The molecule has 7 nitrogen and oxygen atoms in total. The fraction of sp³-hybridized carbons (Fsp3) is 0.318. The number of benzene rings is 2. The van der Waals surface area contributed by atoms with Crippen LogP contribution < -0.4 is 17.0 Å². The summed E-state index contributed by atoms with van der Waals surface area (Å²) in [5, 5.41) is 2.30. The van der Waals surface area contributed by atoms with E-state index in [1.807, 2.05) is 18.2 Å². The molecule has 0 bridgehead atoms. The summed E-state index contributed by atoms with van der Waals surface area (Å²) in [4.78, 5) is 30.5. The van der Waals surface area contributed by atoms with Crippen LogP contribution in [0.5, 0.6) is 0 Å². The summed E-state index contributed by atoms with van der Waals surface area (Å²) in [6, 6.07) is 12.0. The number of fused-ring (bicyclic) bond motifs is 2. The van der Waals surface area contributed by atoms with E-state index in [0.29, 0.717) is 17.0 Å². The topological polar surface area (TPSA) is 87.8 Å². The van der Waals surface area contributed by atoms with Gasteiger partial charge in [0.05, 0.1) is 12.6 Å². The van der Waals surface area contributed by atoms with Crippen molar-refractivity contribution in [2.24, 2.45) is 19.8 Å². The van der Waals surface area contributed by atoms with E-state index >= 15 is 0 Å². The van der Waals surface area contributed by atoms with E-state index in [0.717, 1.165) is 17.4 Å². The lowest BCUT2D eigenvalue weighted by atomic mass is 10.0. The second kappa shape index (κ2) is 7.00. The van der Waals surface area contributed by atoms with Gasteiger partial charge in [-0.15, -0.1) is 0 Å². The molecule has 0 aliphatic rings. The van der Waals surface area contributed by atoms with Crippen molar-refractivity contribution in [1.82, 2.24) is 18.7 Å². The van der Waals surface area contributed by atoms with Crippen LogP contribution in [0, 0.1) is 0 Å². The second-order valence-electron chi connectivity index (χ2n) is 7.55. The zero-order chi connectivity index (χ0) is 20.9. The number of hydrogen-bond donors (Lipinski definition) is 1. The van der Waals surface area contributed by atoms with Gasteiger partial charge >= 0.3 is 5.69 Å². The van der Waals surface area contributed by atoms with Crippen LogP contribution in [0.25, 0.3) is 21.9 Å². The molecule has 0 fully saturated rings. The molecule has 2 N–H and O–H groups in total. The summed E-state index contributed by atoms with van der Waals surface area (Å²) in [6.45, 7) is 4.13. The molecule has 29 heavy (non-hydrogen) atoms. The highest BCUT2D eigenvalue weighted by Crippen LogP contribution is 2.21. The molecule has 0 spiro atoms. The lowest BCUT2D eigenvalue weighted by molar-refractivity contribution is 0.654. The second-order valence-corrected chi connectivity index (χ2v) is 7.55. The van der Waals surface area contributed by atoms with Crippen LogP contribution in [-0.4, -0.2) is 18.7 Å². The molecule has 2 heterocycles. The van der Waals surface area contributed by atoms with Gasteiger partial charge in [0.1, 0.15) is 5.82 Å². The van der Waals surface area contributed by atoms with Crippen molar-refractivity contribution in [3.8, 4) is 0 Å². The van der Waals surface area contributed by atoms with Crippen molar-refractivity contribution in [1.29, 1.82) is 0 Å². The predicted molar refractivity (Wildman–Crippen MR) is 115 cm³/mol. The third-order valence-electron chi connectivity index (χ3n) is 5.56. The third-order valence-corrected chi connectivity index (χ3v) is 5.56. The Morgan fingerprint density at radius 1 is 1.10 bits per heavy atom. The van der Waals surface area contributed by atoms with Gasteiger partial charge in [-0.05, 0) is 41.3 Å². The monoisotopic (exact) mass is 391 g/mol. The van der Waals surface area contributed by atoms with E-state index in [-0.39, 0.29) is 23.8 Å². The standard InChI is InChI=1S/C22H25N5O2/c1-5-15-7-6-8-16-11-14(9-10-17(15)16)12-27-21(28)18-20(26(4)22(27)29)24-19(13(2)23)25(18)3/h6-11,13H,5,12,23H2,1-4H3. The first-order valence-electron chi connectivity index (χ1n) is 9.75. The van der Waals surface area contributed by atoms with Gasteiger partial charge < -0.3 is 10.3 Å². The minimum Gasteiger partial charge on any atom is -0.324 e. The average molecular weight is 391 g/mol. The quantitative estimate of drug-likeness (QED) is 0.578. The Morgan fingerprint density at radius 2 is 1.86 bits per heavy atom. The van der Waals surface area contributed by atoms with E-state index in [9.17, 15) is 9.59 Å². The lowest BCUT2D eigenvalue weighted by Crippen LogP contribution is -2.39. The zero-order valence-electron chi connectivity index (χ0n) is 17.1. The van der Waals surface area contributed by atoms with Gasteiger partial charge in [0.25, 0.3) is 5.56 Å². The fourth-order valence-corrected chi connectivity index (χ4v) is 4.00. The van der Waals surface area contributed by atoms with Gasteiger partial charge in [-0.1, -0.05) is 37.3 Å². The largest absolute Gasteiger partial charge is 0.332 e. The van der Waals surface area contributed by atoms with Crippen molar-refractivity contribution in [2.45, 2.75) is 32.9 Å². The van der Waals surface area contributed by atoms with Gasteiger partial charge in [-0.2, -0.15) is 0 Å². The van der Waals surface area contributed by atoms with Crippen LogP contribution in [0.15, 0.2) is 46.0 Å². The first kappa shape index (κ1) is 19.1. The molecule has 4 aromatic rings. The molecule has 0 saturated carbocycles. The molecule has 0 aliphatic heterocycles. The van der Waals surface area contributed by atoms with Gasteiger partial charge in [-0.3, -0.25) is 13.9 Å². The van der Waals surface area contributed by atoms with E-state index in [1.54, 1.807) is 25.6 Å². The summed E-state index contributed by atoms with van der Waals surface area (Å²) in [5.41, 5.74) is 8.15. The number of hydrogen-bond acceptors (Lipinski definition) is 4. The minimum absolute atomic E-state index is 0.201. The fourth-order valence-electron chi connectivity index (χ4n) is 4.00. The lowest BCUT2D eigenvalue weighted by Gasteiger charge is -2.11. The number of nitrogens with zero attached hydrogens (tertiary/aromatic N) is 4. The van der Waals surface area contributed by atoms with Crippen molar-refractivity contribution in [2.75, 3.05) is 0 Å². The van der Waals surface area contributed by atoms with Crippen LogP contribution in [0.1, 0.15) is 36.8 Å². The Balaban J connectivity index is 1.89. The molecule has 4 rings (SSSR count). The predicted octanol–water partition coefficient (Wildman–Crippen LogP) is 2.22. The Kier molecular flexibility index (Phi) is 4.62. The molecule has 2 aromatic carbocycles. The Morgan fingerprint density at radius 3 is 2.55 bits per heavy atom. The normalized spacial score (nSPS) is 12.7. The van der Waals surface area contributed by atoms with Crippen molar-refractivity contribution in [3.63, 3.8) is 0 Å². The molecular formula is C22H25N5O2. The highest BCUT2D eigenvalue weighted by molar-refractivity contribution is 5.86. The smallest absolute Gasteiger partial charge is 0.324 e. The SMILES string of the molecule is CCc1cccc2cc(Cn3c(=O)c4c(nc(C(C)N)n4C)n(C)c3=O)ccc12. The van der Waals surface area contributed by atoms with Crippen LogP contribution in [-0.2, 0) is 27.1 Å². The van der Waals surface area contributed by atoms with E-state index < -0.39 is 0 Å². The van der Waals surface area contributed by atoms with Crippen LogP contribution in [0.2, 0.25) is 0 Å². The maximum absolute atomic E-state index is 13.2. The van der Waals surface area contributed by atoms with Gasteiger partial charge in [0.2, 0.25) is 0 Å². The van der Waals surface area contributed by atoms with E-state index in [2.05, 4.69) is 30.1 Å². The average Bonchev–Trinajstić information content (AvgIpc) is 3.06. The summed E-state index contributed by atoms with van der Waals surface area (Å²) in [6.07, 6.45) is 0.954. The minimum atomic E-state index is -0.390. The summed E-state index contributed by atoms with van der Waals surface area (Å²) in [5.74, 6) is 0.572. The van der Waals surface area contributed by atoms with Gasteiger partial charge in [0, 0.05) is 14.1 Å². The van der Waals surface area contributed by atoms with Crippen LogP contribution >= 0.6 is 0 Å². The highest BCUT2D eigenvalue weighted by atomic mass is 16.2. The Bertz CT molecular complexity index is 1360. The van der Waals surface area contributed by atoms with Crippen molar-refractivity contribution < 1.29 is 0 Å². The maximum atomic E-state index is 13.2. The summed E-state index contributed by atoms with van der Waals surface area (Å²) < 4.78 is 4.37. The summed E-state index contributed by atoms with van der Waals surface area (Å²) >= 11 is 0. The van der Waals surface area contributed by atoms with Gasteiger partial charge in [-0.25, -0.2) is 9.78 Å². The van der Waals surface area contributed by atoms with E-state index in [1.165, 1.54) is 20.1 Å². The molecule has 0 radical (unpaired) electrons. The molecule has 0 aliphatic carbocycles. The highest BCUT2D eigenvalue weighted by Gasteiger charge is 2.20. The first-order chi connectivity index (χ1) is 13.8. The van der Waals surface area contributed by atoms with E-state index in [4.69, 9.17) is 5.73 Å². The molecular weight excluding hydrogens is 366 g/mol. The molecule has 2 aromatic heterocycles. The van der Waals surface area contributed by atoms with Crippen LogP contribution in [0.3, 0.4) is 0 Å². The summed E-state index contributed by atoms with van der Waals surface area (Å²) in [7, 11) is 3.39. The zero-order valence-corrected chi connectivity index (χ0v) is 17.1. The molecule has 150 valence electrons. The maximum Gasteiger partial charge on any atom is 0.332 e. The third kappa shape index (κ3) is 2.98. The number of nitrogens with two attached hydrogens (primary N) is 1. The molecule has 7 heteroatoms.